The number of benzene rings is 1. The summed E-state index contributed by atoms with van der Waals surface area (Å²) in [5.74, 6) is -4.75. The average Bonchev–Trinajstić information content (AvgIpc) is 3.30. The summed E-state index contributed by atoms with van der Waals surface area (Å²) in [5.41, 5.74) is 22.9. The van der Waals surface area contributed by atoms with Gasteiger partial charge in [0.15, 0.2) is 5.96 Å². The average molecular weight is 578 g/mol. The van der Waals surface area contributed by atoms with Crippen molar-refractivity contribution in [3.05, 3.63) is 36.0 Å². The summed E-state index contributed by atoms with van der Waals surface area (Å²) >= 11 is 4.13. The molecule has 0 saturated carbocycles. The van der Waals surface area contributed by atoms with Crippen LogP contribution >= 0.6 is 12.6 Å². The van der Waals surface area contributed by atoms with E-state index in [1.165, 1.54) is 0 Å². The van der Waals surface area contributed by atoms with Crippen molar-refractivity contribution in [2.75, 3.05) is 12.3 Å². The molecule has 0 aliphatic rings. The highest BCUT2D eigenvalue weighted by Gasteiger charge is 2.30. The Morgan fingerprint density at radius 3 is 2.20 bits per heavy atom. The third-order valence-electron chi connectivity index (χ3n) is 5.87. The van der Waals surface area contributed by atoms with Crippen LogP contribution < -0.4 is 38.9 Å². The number of primary amides is 1. The molecule has 0 aliphatic heterocycles. The molecule has 218 valence electrons. The standard InChI is InChI=1S/C24H35N9O6S/c25-14(9-19(26)34)20(35)31-16(6-3-7-29-24(27)28)21(36)33-18(11-40)22(37)32-17(23(38)39)8-12-10-30-15-5-2-1-4-13(12)15/h1-2,4-5,10,14,16-18,30,40H,3,6-9,11,25H2,(H2,26,34)(H,31,35)(H,32,37)(H,33,36)(H,38,39)(H4,27,28,29). The van der Waals surface area contributed by atoms with E-state index >= 15 is 0 Å². The first-order valence-corrected chi connectivity index (χ1v) is 12.9. The molecule has 40 heavy (non-hydrogen) atoms. The van der Waals surface area contributed by atoms with Crippen LogP contribution in [-0.2, 0) is 30.4 Å². The molecular weight excluding hydrogens is 542 g/mol. The van der Waals surface area contributed by atoms with Gasteiger partial charge in [-0.3, -0.25) is 24.2 Å². The Hall–Kier alpha value is -4.31. The molecule has 0 fully saturated rings. The van der Waals surface area contributed by atoms with Gasteiger partial charge in [0.25, 0.3) is 0 Å². The van der Waals surface area contributed by atoms with E-state index in [4.69, 9.17) is 22.9 Å². The van der Waals surface area contributed by atoms with Crippen molar-refractivity contribution in [3.8, 4) is 0 Å². The van der Waals surface area contributed by atoms with E-state index in [0.717, 1.165) is 10.9 Å². The lowest BCUT2D eigenvalue weighted by Crippen LogP contribution is -2.58. The van der Waals surface area contributed by atoms with Crippen LogP contribution in [0.25, 0.3) is 10.9 Å². The van der Waals surface area contributed by atoms with Crippen molar-refractivity contribution in [2.24, 2.45) is 27.9 Å². The van der Waals surface area contributed by atoms with E-state index in [1.807, 2.05) is 24.3 Å². The summed E-state index contributed by atoms with van der Waals surface area (Å²) < 4.78 is 0. The number of nitrogens with zero attached hydrogens (tertiary/aromatic N) is 1. The zero-order valence-corrected chi connectivity index (χ0v) is 22.5. The molecule has 4 atom stereocenters. The zero-order chi connectivity index (χ0) is 29.8. The maximum absolute atomic E-state index is 13.1. The van der Waals surface area contributed by atoms with Gasteiger partial charge in [-0.1, -0.05) is 18.2 Å². The number of carbonyl (C=O) groups is 5. The van der Waals surface area contributed by atoms with Gasteiger partial charge in [0.1, 0.15) is 18.1 Å². The quantitative estimate of drug-likeness (QED) is 0.0434. The van der Waals surface area contributed by atoms with E-state index in [-0.39, 0.29) is 37.5 Å². The fourth-order valence-electron chi connectivity index (χ4n) is 3.82. The van der Waals surface area contributed by atoms with Gasteiger partial charge >= 0.3 is 5.97 Å². The number of hydrogen-bond donors (Lipinski definition) is 10. The highest BCUT2D eigenvalue weighted by molar-refractivity contribution is 7.80. The van der Waals surface area contributed by atoms with Crippen LogP contribution in [0.15, 0.2) is 35.5 Å². The lowest BCUT2D eigenvalue weighted by atomic mass is 10.0. The number of aliphatic imine (C=N–C) groups is 1. The number of guanidine groups is 1. The van der Waals surface area contributed by atoms with Crippen molar-refractivity contribution < 1.29 is 29.1 Å². The number of fused-ring (bicyclic) bond motifs is 1. The highest BCUT2D eigenvalue weighted by atomic mass is 32.1. The topological polar surface area (TPSA) is 274 Å². The molecule has 0 bridgehead atoms. The van der Waals surface area contributed by atoms with Gasteiger partial charge in [0.2, 0.25) is 23.6 Å². The number of amides is 4. The number of H-pyrrole nitrogens is 1. The number of hydrogen-bond acceptors (Lipinski definition) is 8. The Labute approximate surface area is 235 Å². The molecule has 16 heteroatoms. The van der Waals surface area contributed by atoms with Crippen LogP contribution in [0.4, 0.5) is 0 Å². The van der Waals surface area contributed by atoms with Gasteiger partial charge in [-0.2, -0.15) is 12.6 Å². The second-order valence-electron chi connectivity index (χ2n) is 8.99. The van der Waals surface area contributed by atoms with E-state index in [1.54, 1.807) is 6.20 Å². The largest absolute Gasteiger partial charge is 0.480 e. The molecule has 4 amide bonds. The first kappa shape index (κ1) is 31.9. The molecule has 1 heterocycles. The monoisotopic (exact) mass is 577 g/mol. The van der Waals surface area contributed by atoms with Crippen molar-refractivity contribution in [2.45, 2.75) is 49.9 Å². The highest BCUT2D eigenvalue weighted by Crippen LogP contribution is 2.19. The predicted octanol–water partition coefficient (Wildman–Crippen LogP) is -2.56. The Bertz CT molecular complexity index is 1250. The van der Waals surface area contributed by atoms with Crippen LogP contribution in [0.5, 0.6) is 0 Å². The van der Waals surface area contributed by atoms with E-state index < -0.39 is 60.2 Å². The number of thiol groups is 1. The van der Waals surface area contributed by atoms with Crippen molar-refractivity contribution in [1.29, 1.82) is 0 Å². The molecule has 1 aromatic heterocycles. The van der Waals surface area contributed by atoms with Gasteiger partial charge in [-0.05, 0) is 24.5 Å². The van der Waals surface area contributed by atoms with Gasteiger partial charge in [-0.15, -0.1) is 0 Å². The normalized spacial score (nSPS) is 13.8. The number of aromatic nitrogens is 1. The number of carboxylic acid groups (broad SMARTS) is 1. The number of nitrogens with one attached hydrogen (secondary N) is 4. The second-order valence-corrected chi connectivity index (χ2v) is 9.36. The van der Waals surface area contributed by atoms with Crippen LogP contribution in [0.1, 0.15) is 24.8 Å². The van der Waals surface area contributed by atoms with Crippen LogP contribution in [-0.4, -0.2) is 82.1 Å². The Kier molecular flexibility index (Phi) is 12.2. The summed E-state index contributed by atoms with van der Waals surface area (Å²) in [5, 5.41) is 17.9. The van der Waals surface area contributed by atoms with Crippen molar-refractivity contribution >= 4 is 59.1 Å². The van der Waals surface area contributed by atoms with Gasteiger partial charge < -0.3 is 49.0 Å². The molecule has 15 nitrogen and oxygen atoms in total. The number of aliphatic carboxylic acids is 1. The summed E-state index contributed by atoms with van der Waals surface area (Å²) in [6.45, 7) is 0.153. The van der Waals surface area contributed by atoms with Gasteiger partial charge in [0, 0.05) is 35.8 Å². The fourth-order valence-corrected chi connectivity index (χ4v) is 4.08. The molecule has 4 unspecified atom stereocenters. The summed E-state index contributed by atoms with van der Waals surface area (Å²) in [7, 11) is 0. The third-order valence-corrected chi connectivity index (χ3v) is 6.23. The molecule has 2 rings (SSSR count). The predicted molar refractivity (Wildman–Crippen MR) is 151 cm³/mol. The lowest BCUT2D eigenvalue weighted by molar-refractivity contribution is -0.142. The van der Waals surface area contributed by atoms with Gasteiger partial charge in [0.05, 0.1) is 12.5 Å². The fraction of sp³-hybridized carbons (Fsp3) is 0.417. The Balaban J connectivity index is 2.11. The number of carbonyl (C=O) groups excluding carboxylic acids is 4. The molecule has 0 radical (unpaired) electrons. The molecule has 2 aromatic rings. The molecule has 1 aromatic carbocycles. The smallest absolute Gasteiger partial charge is 0.326 e. The third kappa shape index (κ3) is 9.77. The van der Waals surface area contributed by atoms with E-state index in [0.29, 0.717) is 5.56 Å². The van der Waals surface area contributed by atoms with Crippen LogP contribution in [0.3, 0.4) is 0 Å². The maximum atomic E-state index is 13.1. The van der Waals surface area contributed by atoms with Crippen molar-refractivity contribution in [1.82, 2.24) is 20.9 Å². The van der Waals surface area contributed by atoms with Crippen LogP contribution in [0.2, 0.25) is 0 Å². The Morgan fingerprint density at radius 1 is 0.950 bits per heavy atom. The molecule has 13 N–H and O–H groups in total. The summed E-state index contributed by atoms with van der Waals surface area (Å²) in [6.07, 6.45) is 1.53. The number of aromatic amines is 1. The SMILES string of the molecule is NC(=O)CC(N)C(=O)NC(CCCN=C(N)N)C(=O)NC(CS)C(=O)NC(Cc1c[nH]c2ccccc12)C(=O)O. The minimum Gasteiger partial charge on any atom is -0.480 e. The first-order valence-electron chi connectivity index (χ1n) is 12.3. The lowest BCUT2D eigenvalue weighted by Gasteiger charge is -2.24. The van der Waals surface area contributed by atoms with E-state index in [2.05, 4.69) is 38.6 Å². The number of nitrogens with two attached hydrogens (primary N) is 4. The van der Waals surface area contributed by atoms with E-state index in [9.17, 15) is 29.1 Å². The molecule has 0 aliphatic carbocycles. The zero-order valence-electron chi connectivity index (χ0n) is 21.6. The maximum Gasteiger partial charge on any atom is 0.326 e. The minimum absolute atomic E-state index is 0.0143. The number of para-hydroxylation sites is 1. The van der Waals surface area contributed by atoms with Crippen molar-refractivity contribution in [3.63, 3.8) is 0 Å². The second kappa shape index (κ2) is 15.3. The number of rotatable bonds is 16. The molecule has 0 saturated heterocycles. The first-order chi connectivity index (χ1) is 18.9. The summed E-state index contributed by atoms with van der Waals surface area (Å²) in [4.78, 5) is 68.4. The summed E-state index contributed by atoms with van der Waals surface area (Å²) in [6, 6.07) is 2.30. The molecular formula is C24H35N9O6S. The Morgan fingerprint density at radius 2 is 1.57 bits per heavy atom. The minimum atomic E-state index is -1.30. The molecule has 0 spiro atoms. The number of carboxylic acids is 1. The van der Waals surface area contributed by atoms with Crippen LogP contribution in [0, 0.1) is 0 Å². The van der Waals surface area contributed by atoms with Gasteiger partial charge in [-0.25, -0.2) is 4.79 Å².